The molecule has 2 atom stereocenters. The number of halogens is 3. The van der Waals surface area contributed by atoms with Crippen LogP contribution >= 0.6 is 0 Å². The van der Waals surface area contributed by atoms with Crippen molar-refractivity contribution in [3.8, 4) is 0 Å². The summed E-state index contributed by atoms with van der Waals surface area (Å²) in [5.74, 6) is 0.232. The zero-order valence-corrected chi connectivity index (χ0v) is 12.2. The number of pyridine rings is 1. The molecule has 1 aromatic rings. The summed E-state index contributed by atoms with van der Waals surface area (Å²) >= 11 is 0. The Kier molecular flexibility index (Phi) is 3.13. The Balaban J connectivity index is 1.57. The van der Waals surface area contributed by atoms with Crippen LogP contribution in [0, 0.1) is 5.92 Å². The second kappa shape index (κ2) is 4.93. The van der Waals surface area contributed by atoms with Crippen molar-refractivity contribution in [2.75, 3.05) is 41.3 Å². The predicted molar refractivity (Wildman–Crippen MR) is 79.5 cm³/mol. The Morgan fingerprint density at radius 2 is 1.95 bits per heavy atom. The van der Waals surface area contributed by atoms with E-state index in [9.17, 15) is 13.2 Å². The molecule has 0 saturated carbocycles. The Labute approximate surface area is 127 Å². The standard InChI is InChI=1S/C15H19F3N4/c16-15(17,18)10-2-1-6-22(8-10)13-4-3-12-14(20-13)19-11-5-7-21(12)9-11/h3-4,10-11H,1-2,5-9H2,(H,19,20)/t10?,11-/m1/s1. The van der Waals surface area contributed by atoms with Gasteiger partial charge >= 0.3 is 6.18 Å². The van der Waals surface area contributed by atoms with Crippen LogP contribution in [0.5, 0.6) is 0 Å². The van der Waals surface area contributed by atoms with E-state index in [4.69, 9.17) is 0 Å². The van der Waals surface area contributed by atoms with E-state index in [0.29, 0.717) is 24.8 Å². The molecule has 4 heterocycles. The van der Waals surface area contributed by atoms with E-state index in [2.05, 4.69) is 15.2 Å². The third-order valence-electron chi connectivity index (χ3n) is 4.94. The molecular formula is C15H19F3N4. The van der Waals surface area contributed by atoms with Crippen molar-refractivity contribution in [2.45, 2.75) is 31.5 Å². The molecule has 0 aromatic carbocycles. The lowest BCUT2D eigenvalue weighted by Gasteiger charge is -2.35. The van der Waals surface area contributed by atoms with Gasteiger partial charge < -0.3 is 15.1 Å². The van der Waals surface area contributed by atoms with Gasteiger partial charge in [0.1, 0.15) is 5.82 Å². The lowest BCUT2D eigenvalue weighted by atomic mass is 9.97. The summed E-state index contributed by atoms with van der Waals surface area (Å²) in [4.78, 5) is 8.67. The minimum absolute atomic E-state index is 0.0163. The fourth-order valence-corrected chi connectivity index (χ4v) is 3.72. The van der Waals surface area contributed by atoms with Crippen LogP contribution in [0.4, 0.5) is 30.5 Å². The van der Waals surface area contributed by atoms with Crippen LogP contribution in [-0.2, 0) is 0 Å². The van der Waals surface area contributed by atoms with Crippen molar-refractivity contribution in [3.05, 3.63) is 12.1 Å². The van der Waals surface area contributed by atoms with Gasteiger partial charge in [-0.05, 0) is 31.4 Å². The number of fused-ring (bicyclic) bond motifs is 4. The highest BCUT2D eigenvalue weighted by Crippen LogP contribution is 2.38. The molecule has 2 fully saturated rings. The van der Waals surface area contributed by atoms with E-state index in [1.165, 1.54) is 0 Å². The van der Waals surface area contributed by atoms with Gasteiger partial charge in [0.25, 0.3) is 0 Å². The maximum atomic E-state index is 12.9. The Morgan fingerprint density at radius 3 is 2.77 bits per heavy atom. The average Bonchev–Trinajstić information content (AvgIpc) is 2.88. The molecule has 0 aliphatic carbocycles. The van der Waals surface area contributed by atoms with Gasteiger partial charge in [-0.25, -0.2) is 4.98 Å². The fourth-order valence-electron chi connectivity index (χ4n) is 3.72. The zero-order valence-electron chi connectivity index (χ0n) is 12.2. The highest BCUT2D eigenvalue weighted by atomic mass is 19.4. The molecule has 3 aliphatic heterocycles. The van der Waals surface area contributed by atoms with Crippen molar-refractivity contribution in [2.24, 2.45) is 5.92 Å². The van der Waals surface area contributed by atoms with Crippen molar-refractivity contribution in [1.82, 2.24) is 4.98 Å². The molecule has 0 amide bonds. The normalized spacial score (nSPS) is 27.6. The molecule has 1 N–H and O–H groups in total. The van der Waals surface area contributed by atoms with Crippen LogP contribution in [-0.4, -0.2) is 43.4 Å². The first kappa shape index (κ1) is 14.0. The van der Waals surface area contributed by atoms with E-state index >= 15 is 0 Å². The third kappa shape index (κ3) is 2.36. The Bertz CT molecular complexity index is 574. The molecule has 2 bridgehead atoms. The zero-order chi connectivity index (χ0) is 15.3. The summed E-state index contributed by atoms with van der Waals surface area (Å²) in [6, 6.07) is 4.26. The number of hydrogen-bond acceptors (Lipinski definition) is 4. The van der Waals surface area contributed by atoms with Gasteiger partial charge in [0.15, 0.2) is 5.82 Å². The molecule has 1 unspecified atom stereocenters. The molecule has 7 heteroatoms. The monoisotopic (exact) mass is 312 g/mol. The van der Waals surface area contributed by atoms with Gasteiger partial charge in [-0.3, -0.25) is 0 Å². The van der Waals surface area contributed by atoms with Crippen LogP contribution in [0.15, 0.2) is 12.1 Å². The van der Waals surface area contributed by atoms with Crippen LogP contribution < -0.4 is 15.1 Å². The first-order valence-corrected chi connectivity index (χ1v) is 7.85. The van der Waals surface area contributed by atoms with Gasteiger partial charge in [-0.15, -0.1) is 0 Å². The molecule has 2 saturated heterocycles. The molecule has 4 nitrogen and oxygen atoms in total. The first-order chi connectivity index (χ1) is 10.5. The maximum absolute atomic E-state index is 12.9. The molecular weight excluding hydrogens is 293 g/mol. The quantitative estimate of drug-likeness (QED) is 0.864. The van der Waals surface area contributed by atoms with Gasteiger partial charge in [-0.2, -0.15) is 13.2 Å². The van der Waals surface area contributed by atoms with Crippen LogP contribution in [0.3, 0.4) is 0 Å². The average molecular weight is 312 g/mol. The van der Waals surface area contributed by atoms with Crippen molar-refractivity contribution < 1.29 is 13.2 Å². The fraction of sp³-hybridized carbons (Fsp3) is 0.667. The summed E-state index contributed by atoms with van der Waals surface area (Å²) in [5.41, 5.74) is 1.07. The number of nitrogens with zero attached hydrogens (tertiary/aromatic N) is 3. The topological polar surface area (TPSA) is 31.4 Å². The van der Waals surface area contributed by atoms with Crippen LogP contribution in [0.2, 0.25) is 0 Å². The van der Waals surface area contributed by atoms with E-state index in [1.54, 1.807) is 4.90 Å². The molecule has 120 valence electrons. The number of piperidine rings is 1. The van der Waals surface area contributed by atoms with Crippen molar-refractivity contribution >= 4 is 17.3 Å². The third-order valence-corrected chi connectivity index (χ3v) is 4.94. The van der Waals surface area contributed by atoms with Gasteiger partial charge in [0, 0.05) is 32.2 Å². The number of aromatic nitrogens is 1. The van der Waals surface area contributed by atoms with Crippen LogP contribution in [0.1, 0.15) is 19.3 Å². The second-order valence-electron chi connectivity index (χ2n) is 6.44. The molecule has 4 rings (SSSR count). The molecule has 0 spiro atoms. The second-order valence-corrected chi connectivity index (χ2v) is 6.44. The number of anilines is 3. The summed E-state index contributed by atoms with van der Waals surface area (Å²) in [7, 11) is 0. The Morgan fingerprint density at radius 1 is 1.09 bits per heavy atom. The van der Waals surface area contributed by atoms with E-state index in [-0.39, 0.29) is 13.0 Å². The maximum Gasteiger partial charge on any atom is 0.393 e. The minimum atomic E-state index is -4.12. The molecule has 22 heavy (non-hydrogen) atoms. The number of hydrogen-bond donors (Lipinski definition) is 1. The number of nitrogens with one attached hydrogen (secondary N) is 1. The molecule has 0 radical (unpaired) electrons. The highest BCUT2D eigenvalue weighted by Gasteiger charge is 2.42. The van der Waals surface area contributed by atoms with Crippen LogP contribution in [0.25, 0.3) is 0 Å². The number of alkyl halides is 3. The van der Waals surface area contributed by atoms with Crippen molar-refractivity contribution in [1.29, 1.82) is 0 Å². The minimum Gasteiger partial charge on any atom is -0.366 e. The van der Waals surface area contributed by atoms with E-state index in [0.717, 1.165) is 31.0 Å². The summed E-state index contributed by atoms with van der Waals surface area (Å²) in [5, 5.41) is 3.41. The lowest BCUT2D eigenvalue weighted by molar-refractivity contribution is -0.176. The predicted octanol–water partition coefficient (Wildman–Crippen LogP) is 2.86. The largest absolute Gasteiger partial charge is 0.393 e. The summed E-state index contributed by atoms with van der Waals surface area (Å²) in [6.45, 7) is 2.67. The number of rotatable bonds is 1. The summed E-state index contributed by atoms with van der Waals surface area (Å²) in [6.07, 6.45) is -2.24. The van der Waals surface area contributed by atoms with E-state index < -0.39 is 12.1 Å². The summed E-state index contributed by atoms with van der Waals surface area (Å²) < 4.78 is 38.8. The van der Waals surface area contributed by atoms with Crippen molar-refractivity contribution in [3.63, 3.8) is 0 Å². The smallest absolute Gasteiger partial charge is 0.366 e. The Hall–Kier alpha value is -1.66. The molecule has 1 aromatic heterocycles. The van der Waals surface area contributed by atoms with E-state index in [1.807, 2.05) is 12.1 Å². The SMILES string of the molecule is FC(F)(F)C1CCCN(c2ccc3c(n2)N[C@@H]2CCN3C2)C1. The van der Waals surface area contributed by atoms with Gasteiger partial charge in [-0.1, -0.05) is 0 Å². The highest BCUT2D eigenvalue weighted by molar-refractivity contribution is 5.72. The molecule has 3 aliphatic rings. The first-order valence-electron chi connectivity index (χ1n) is 7.85. The lowest BCUT2D eigenvalue weighted by Crippen LogP contribution is -2.42. The van der Waals surface area contributed by atoms with Gasteiger partial charge in [0.05, 0.1) is 11.6 Å². The van der Waals surface area contributed by atoms with Gasteiger partial charge in [0.2, 0.25) is 0 Å².